The lowest BCUT2D eigenvalue weighted by Crippen LogP contribution is -2.47. The fourth-order valence-corrected chi connectivity index (χ4v) is 2.61. The average molecular weight is 245 g/mol. The minimum atomic E-state index is 0.185. The molecule has 1 N–H and O–H groups in total. The number of likely N-dealkylation sites (N-methyl/N-ethyl adjacent to an activating group) is 1. The molecule has 0 aliphatic heterocycles. The highest BCUT2D eigenvalue weighted by Crippen LogP contribution is 2.33. The highest BCUT2D eigenvalue weighted by molar-refractivity contribution is 5.47. The number of rotatable bonds is 4. The van der Waals surface area contributed by atoms with Crippen LogP contribution in [0.3, 0.4) is 0 Å². The number of nitrogens with one attached hydrogen (secondary N) is 1. The number of nitrogens with zero attached hydrogens (tertiary/aromatic N) is 4. The zero-order valence-electron chi connectivity index (χ0n) is 11.0. The van der Waals surface area contributed by atoms with E-state index in [4.69, 9.17) is 5.26 Å². The summed E-state index contributed by atoms with van der Waals surface area (Å²) in [7, 11) is 4.24. The second kappa shape index (κ2) is 5.32. The Bertz CT molecular complexity index is 443. The molecule has 5 nitrogen and oxygen atoms in total. The van der Waals surface area contributed by atoms with Crippen molar-refractivity contribution in [2.24, 2.45) is 0 Å². The predicted molar refractivity (Wildman–Crippen MR) is 70.1 cm³/mol. The maximum absolute atomic E-state index is 8.98. The second-order valence-electron chi connectivity index (χ2n) is 5.04. The first-order valence-corrected chi connectivity index (χ1v) is 6.30. The summed E-state index contributed by atoms with van der Waals surface area (Å²) in [6, 6.07) is 2.06. The largest absolute Gasteiger partial charge is 0.366 e. The Kier molecular flexibility index (Phi) is 3.78. The smallest absolute Gasteiger partial charge is 0.182 e. The third-order valence-electron chi connectivity index (χ3n) is 3.87. The first-order chi connectivity index (χ1) is 8.68. The van der Waals surface area contributed by atoms with Gasteiger partial charge in [-0.2, -0.15) is 5.26 Å². The van der Waals surface area contributed by atoms with E-state index in [0.717, 1.165) is 6.54 Å². The van der Waals surface area contributed by atoms with Gasteiger partial charge in [-0.05, 0) is 26.9 Å². The van der Waals surface area contributed by atoms with Gasteiger partial charge in [0, 0.05) is 24.5 Å². The highest BCUT2D eigenvalue weighted by atomic mass is 15.2. The molecule has 0 bridgehead atoms. The number of hydrogen-bond acceptors (Lipinski definition) is 5. The molecule has 0 spiro atoms. The molecule has 18 heavy (non-hydrogen) atoms. The minimum absolute atomic E-state index is 0.185. The van der Waals surface area contributed by atoms with Crippen molar-refractivity contribution in [3.05, 3.63) is 18.1 Å². The summed E-state index contributed by atoms with van der Waals surface area (Å²) >= 11 is 0. The fraction of sp³-hybridized carbons (Fsp3) is 0.615. The van der Waals surface area contributed by atoms with Crippen molar-refractivity contribution in [1.82, 2.24) is 14.9 Å². The average Bonchev–Trinajstić information content (AvgIpc) is 2.87. The molecule has 96 valence electrons. The molecule has 1 aromatic rings. The minimum Gasteiger partial charge on any atom is -0.366 e. The summed E-state index contributed by atoms with van der Waals surface area (Å²) in [4.78, 5) is 10.5. The van der Waals surface area contributed by atoms with Crippen LogP contribution in [0.25, 0.3) is 0 Å². The van der Waals surface area contributed by atoms with Crippen LogP contribution in [0.5, 0.6) is 0 Å². The van der Waals surface area contributed by atoms with E-state index in [9.17, 15) is 0 Å². The van der Waals surface area contributed by atoms with Crippen LogP contribution < -0.4 is 5.32 Å². The van der Waals surface area contributed by atoms with Gasteiger partial charge in [-0.15, -0.1) is 0 Å². The molecule has 0 radical (unpaired) electrons. The Morgan fingerprint density at radius 2 is 2.00 bits per heavy atom. The van der Waals surface area contributed by atoms with E-state index in [-0.39, 0.29) is 5.54 Å². The van der Waals surface area contributed by atoms with Gasteiger partial charge >= 0.3 is 0 Å². The molecule has 1 aliphatic carbocycles. The summed E-state index contributed by atoms with van der Waals surface area (Å²) in [5.74, 6) is 0.591. The Morgan fingerprint density at radius 1 is 1.33 bits per heavy atom. The van der Waals surface area contributed by atoms with Gasteiger partial charge < -0.3 is 10.2 Å². The van der Waals surface area contributed by atoms with Crippen molar-refractivity contribution in [2.45, 2.75) is 31.2 Å². The number of anilines is 1. The van der Waals surface area contributed by atoms with E-state index in [1.165, 1.54) is 25.7 Å². The first-order valence-electron chi connectivity index (χ1n) is 6.30. The zero-order valence-corrected chi connectivity index (χ0v) is 11.0. The van der Waals surface area contributed by atoms with Crippen molar-refractivity contribution in [3.63, 3.8) is 0 Å². The number of aromatic nitrogens is 2. The molecule has 0 saturated heterocycles. The van der Waals surface area contributed by atoms with Crippen LogP contribution in [0.15, 0.2) is 12.4 Å². The van der Waals surface area contributed by atoms with Crippen LogP contribution in [-0.4, -0.2) is 41.0 Å². The Labute approximate surface area is 108 Å². The maximum Gasteiger partial charge on any atom is 0.182 e. The molecule has 5 heteroatoms. The standard InChI is InChI=1S/C13H19N5/c1-18(2)13(5-3-4-6-13)10-17-12-11(9-14)15-7-8-16-12/h7-8H,3-6,10H2,1-2H3,(H,16,17). The molecule has 1 aliphatic rings. The van der Waals surface area contributed by atoms with Crippen LogP contribution >= 0.6 is 0 Å². The molecule has 1 saturated carbocycles. The number of hydrogen-bond donors (Lipinski definition) is 1. The predicted octanol–water partition coefficient (Wildman–Crippen LogP) is 1.63. The second-order valence-corrected chi connectivity index (χ2v) is 5.04. The van der Waals surface area contributed by atoms with Gasteiger partial charge in [-0.1, -0.05) is 12.8 Å². The van der Waals surface area contributed by atoms with E-state index in [1.54, 1.807) is 12.4 Å². The molecular formula is C13H19N5. The van der Waals surface area contributed by atoms with Gasteiger partial charge in [0.1, 0.15) is 6.07 Å². The van der Waals surface area contributed by atoms with Crippen molar-refractivity contribution in [1.29, 1.82) is 5.26 Å². The molecule has 1 fully saturated rings. The van der Waals surface area contributed by atoms with Crippen molar-refractivity contribution in [3.8, 4) is 6.07 Å². The van der Waals surface area contributed by atoms with Crippen LogP contribution in [0, 0.1) is 11.3 Å². The van der Waals surface area contributed by atoms with Gasteiger partial charge in [0.05, 0.1) is 0 Å². The third-order valence-corrected chi connectivity index (χ3v) is 3.87. The lowest BCUT2D eigenvalue weighted by atomic mass is 9.96. The summed E-state index contributed by atoms with van der Waals surface area (Å²) in [5, 5.41) is 12.3. The molecule has 1 heterocycles. The van der Waals surface area contributed by atoms with Crippen molar-refractivity contribution < 1.29 is 0 Å². The van der Waals surface area contributed by atoms with Gasteiger partial charge in [0.25, 0.3) is 0 Å². The number of nitriles is 1. The van der Waals surface area contributed by atoms with Gasteiger partial charge in [-0.3, -0.25) is 0 Å². The van der Waals surface area contributed by atoms with E-state index >= 15 is 0 Å². The highest BCUT2D eigenvalue weighted by Gasteiger charge is 2.35. The monoisotopic (exact) mass is 245 g/mol. The summed E-state index contributed by atoms with van der Waals surface area (Å²) in [6.07, 6.45) is 8.07. The molecule has 0 unspecified atom stereocenters. The van der Waals surface area contributed by atoms with E-state index in [0.29, 0.717) is 11.5 Å². The molecule has 2 rings (SSSR count). The normalized spacial score (nSPS) is 17.7. The molecule has 0 aromatic carbocycles. The van der Waals surface area contributed by atoms with Crippen LogP contribution in [0.4, 0.5) is 5.82 Å². The lowest BCUT2D eigenvalue weighted by molar-refractivity contribution is 0.172. The van der Waals surface area contributed by atoms with Gasteiger partial charge in [0.2, 0.25) is 0 Å². The quantitative estimate of drug-likeness (QED) is 0.873. The van der Waals surface area contributed by atoms with Crippen LogP contribution in [-0.2, 0) is 0 Å². The Balaban J connectivity index is 2.09. The lowest BCUT2D eigenvalue weighted by Gasteiger charge is -2.36. The van der Waals surface area contributed by atoms with Crippen molar-refractivity contribution >= 4 is 5.82 Å². The fourth-order valence-electron chi connectivity index (χ4n) is 2.61. The van der Waals surface area contributed by atoms with Crippen molar-refractivity contribution in [2.75, 3.05) is 26.0 Å². The van der Waals surface area contributed by atoms with E-state index in [2.05, 4.69) is 40.3 Å². The first kappa shape index (κ1) is 12.8. The Morgan fingerprint density at radius 3 is 2.61 bits per heavy atom. The molecular weight excluding hydrogens is 226 g/mol. The molecule has 0 amide bonds. The molecule has 1 aromatic heterocycles. The Hall–Kier alpha value is -1.67. The van der Waals surface area contributed by atoms with Gasteiger partial charge in [0.15, 0.2) is 11.5 Å². The maximum atomic E-state index is 8.98. The third kappa shape index (κ3) is 2.44. The van der Waals surface area contributed by atoms with Gasteiger partial charge in [-0.25, -0.2) is 9.97 Å². The SMILES string of the molecule is CN(C)C1(CNc2nccnc2C#N)CCCC1. The molecule has 0 atom stereocenters. The summed E-state index contributed by atoms with van der Waals surface area (Å²) in [6.45, 7) is 0.813. The zero-order chi connectivity index (χ0) is 13.0. The van der Waals surface area contributed by atoms with Crippen LogP contribution in [0.2, 0.25) is 0 Å². The van der Waals surface area contributed by atoms with E-state index in [1.807, 2.05) is 0 Å². The summed E-state index contributed by atoms with van der Waals surface area (Å²) < 4.78 is 0. The van der Waals surface area contributed by atoms with E-state index < -0.39 is 0 Å². The summed E-state index contributed by atoms with van der Waals surface area (Å²) in [5.41, 5.74) is 0.550. The van der Waals surface area contributed by atoms with Crippen LogP contribution in [0.1, 0.15) is 31.4 Å². The topological polar surface area (TPSA) is 64.8 Å².